The zero-order valence-corrected chi connectivity index (χ0v) is 14.9. The van der Waals surface area contributed by atoms with Gasteiger partial charge in [0.1, 0.15) is 5.60 Å². The number of hydrogen-bond acceptors (Lipinski definition) is 4. The Morgan fingerprint density at radius 1 is 1.36 bits per heavy atom. The van der Waals surface area contributed by atoms with E-state index in [0.717, 1.165) is 31.6 Å². The second-order valence-corrected chi connectivity index (χ2v) is 7.92. The Hall–Kier alpha value is -0.810. The summed E-state index contributed by atoms with van der Waals surface area (Å²) in [5, 5.41) is 3.65. The highest BCUT2D eigenvalue weighted by molar-refractivity contribution is 5.67. The predicted octanol–water partition coefficient (Wildman–Crippen LogP) is 2.46. The van der Waals surface area contributed by atoms with E-state index in [-0.39, 0.29) is 6.09 Å². The summed E-state index contributed by atoms with van der Waals surface area (Å²) in [5.41, 5.74) is -0.421. The molecule has 22 heavy (non-hydrogen) atoms. The van der Waals surface area contributed by atoms with Gasteiger partial charge >= 0.3 is 6.09 Å². The van der Waals surface area contributed by atoms with Crippen LogP contribution < -0.4 is 5.32 Å². The Morgan fingerprint density at radius 3 is 2.64 bits per heavy atom. The molecule has 1 aliphatic heterocycles. The summed E-state index contributed by atoms with van der Waals surface area (Å²) in [6.45, 7) is 10.9. The van der Waals surface area contributed by atoms with Gasteiger partial charge in [0.05, 0.1) is 0 Å². The fourth-order valence-electron chi connectivity index (χ4n) is 3.17. The van der Waals surface area contributed by atoms with Crippen LogP contribution in [0.25, 0.3) is 0 Å². The molecule has 1 amide bonds. The molecule has 128 valence electrons. The van der Waals surface area contributed by atoms with Gasteiger partial charge in [-0.25, -0.2) is 4.79 Å². The van der Waals surface area contributed by atoms with Crippen molar-refractivity contribution in [3.05, 3.63) is 0 Å². The zero-order valence-electron chi connectivity index (χ0n) is 14.9. The number of carbonyl (C=O) groups excluding carboxylic acids is 1. The highest BCUT2D eigenvalue weighted by Crippen LogP contribution is 2.33. The van der Waals surface area contributed by atoms with Gasteiger partial charge in [-0.15, -0.1) is 0 Å². The molecule has 2 fully saturated rings. The third kappa shape index (κ3) is 5.43. The topological polar surface area (TPSA) is 44.8 Å². The first-order chi connectivity index (χ1) is 10.3. The van der Waals surface area contributed by atoms with E-state index in [1.165, 1.54) is 25.8 Å². The quantitative estimate of drug-likeness (QED) is 0.765. The summed E-state index contributed by atoms with van der Waals surface area (Å²) < 4.78 is 5.35. The SMILES string of the molecule is CC1CC(NCCCN(C)C(=O)OC(C)(C)C)CN1C1CC1. The smallest absolute Gasteiger partial charge is 0.410 e. The van der Waals surface area contributed by atoms with Gasteiger partial charge < -0.3 is 15.0 Å². The second kappa shape index (κ2) is 7.18. The van der Waals surface area contributed by atoms with Crippen LogP contribution in [0.2, 0.25) is 0 Å². The van der Waals surface area contributed by atoms with Crippen molar-refractivity contribution < 1.29 is 9.53 Å². The Morgan fingerprint density at radius 2 is 2.05 bits per heavy atom. The third-order valence-electron chi connectivity index (χ3n) is 4.45. The number of hydrogen-bond donors (Lipinski definition) is 1. The molecule has 0 aromatic rings. The predicted molar refractivity (Wildman–Crippen MR) is 89.1 cm³/mol. The minimum absolute atomic E-state index is 0.234. The summed E-state index contributed by atoms with van der Waals surface area (Å²) in [6, 6.07) is 2.19. The number of ether oxygens (including phenoxy) is 1. The highest BCUT2D eigenvalue weighted by Gasteiger charge is 2.38. The average molecular weight is 311 g/mol. The maximum atomic E-state index is 11.9. The first kappa shape index (κ1) is 17.5. The molecule has 2 atom stereocenters. The number of amides is 1. The second-order valence-electron chi connectivity index (χ2n) is 7.92. The van der Waals surface area contributed by atoms with Crippen LogP contribution in [0.4, 0.5) is 4.79 Å². The number of carbonyl (C=O) groups is 1. The largest absolute Gasteiger partial charge is 0.444 e. The van der Waals surface area contributed by atoms with Crippen LogP contribution in [0.3, 0.4) is 0 Å². The van der Waals surface area contributed by atoms with Crippen LogP contribution in [-0.4, -0.2) is 66.3 Å². The molecule has 0 aromatic heterocycles. The minimum Gasteiger partial charge on any atom is -0.444 e. The zero-order chi connectivity index (χ0) is 16.3. The van der Waals surface area contributed by atoms with Crippen LogP contribution in [0.15, 0.2) is 0 Å². The molecule has 2 aliphatic rings. The summed E-state index contributed by atoms with van der Waals surface area (Å²) in [5.74, 6) is 0. The van der Waals surface area contributed by atoms with Crippen molar-refractivity contribution in [2.75, 3.05) is 26.7 Å². The molecule has 0 radical (unpaired) electrons. The van der Waals surface area contributed by atoms with Gasteiger partial charge in [0.2, 0.25) is 0 Å². The van der Waals surface area contributed by atoms with Crippen molar-refractivity contribution in [3.8, 4) is 0 Å². The van der Waals surface area contributed by atoms with Gasteiger partial charge in [0.15, 0.2) is 0 Å². The minimum atomic E-state index is -0.421. The Labute approximate surface area is 135 Å². The number of rotatable bonds is 6. The molecular weight excluding hydrogens is 278 g/mol. The van der Waals surface area contributed by atoms with E-state index in [1.807, 2.05) is 20.8 Å². The van der Waals surface area contributed by atoms with Crippen molar-refractivity contribution in [2.45, 2.75) is 77.1 Å². The van der Waals surface area contributed by atoms with Gasteiger partial charge in [-0.05, 0) is 59.9 Å². The van der Waals surface area contributed by atoms with E-state index >= 15 is 0 Å². The number of nitrogens with one attached hydrogen (secondary N) is 1. The summed E-state index contributed by atoms with van der Waals surface area (Å²) in [4.78, 5) is 16.2. The van der Waals surface area contributed by atoms with Crippen LogP contribution in [0.1, 0.15) is 53.4 Å². The molecule has 0 aromatic carbocycles. The van der Waals surface area contributed by atoms with Crippen molar-refractivity contribution in [1.29, 1.82) is 0 Å². The lowest BCUT2D eigenvalue weighted by molar-refractivity contribution is 0.0297. The summed E-state index contributed by atoms with van der Waals surface area (Å²) in [7, 11) is 1.81. The van der Waals surface area contributed by atoms with Gasteiger partial charge in [0, 0.05) is 38.3 Å². The molecule has 1 aliphatic carbocycles. The Bertz CT molecular complexity index is 377. The molecule has 0 bridgehead atoms. The molecule has 2 rings (SSSR count). The molecule has 1 heterocycles. The van der Waals surface area contributed by atoms with E-state index in [0.29, 0.717) is 6.04 Å². The fourth-order valence-corrected chi connectivity index (χ4v) is 3.17. The lowest BCUT2D eigenvalue weighted by atomic mass is 10.2. The van der Waals surface area contributed by atoms with E-state index in [2.05, 4.69) is 17.1 Å². The molecule has 1 saturated carbocycles. The van der Waals surface area contributed by atoms with Gasteiger partial charge in [-0.1, -0.05) is 0 Å². The van der Waals surface area contributed by atoms with E-state index < -0.39 is 5.60 Å². The monoisotopic (exact) mass is 311 g/mol. The molecule has 5 nitrogen and oxygen atoms in total. The molecule has 2 unspecified atom stereocenters. The average Bonchev–Trinajstić information content (AvgIpc) is 3.16. The maximum absolute atomic E-state index is 11.9. The Balaban J connectivity index is 1.58. The van der Waals surface area contributed by atoms with Gasteiger partial charge in [0.25, 0.3) is 0 Å². The number of likely N-dealkylation sites (tertiary alicyclic amines) is 1. The van der Waals surface area contributed by atoms with E-state index in [4.69, 9.17) is 4.74 Å². The molecule has 5 heteroatoms. The first-order valence-electron chi connectivity index (χ1n) is 8.69. The van der Waals surface area contributed by atoms with Crippen molar-refractivity contribution >= 4 is 6.09 Å². The maximum Gasteiger partial charge on any atom is 0.410 e. The summed E-state index contributed by atoms with van der Waals surface area (Å²) >= 11 is 0. The highest BCUT2D eigenvalue weighted by atomic mass is 16.6. The normalized spacial score (nSPS) is 26.2. The van der Waals surface area contributed by atoms with Crippen molar-refractivity contribution in [1.82, 2.24) is 15.1 Å². The molecule has 1 N–H and O–H groups in total. The number of nitrogens with zero attached hydrogens (tertiary/aromatic N) is 2. The van der Waals surface area contributed by atoms with Crippen LogP contribution in [0, 0.1) is 0 Å². The van der Waals surface area contributed by atoms with Gasteiger partial charge in [-0.2, -0.15) is 0 Å². The van der Waals surface area contributed by atoms with Crippen LogP contribution in [-0.2, 0) is 4.74 Å². The van der Waals surface area contributed by atoms with Crippen molar-refractivity contribution in [3.63, 3.8) is 0 Å². The third-order valence-corrected chi connectivity index (χ3v) is 4.45. The Kier molecular flexibility index (Phi) is 5.72. The molecule has 1 saturated heterocycles. The molecular formula is C17H33N3O2. The van der Waals surface area contributed by atoms with Crippen molar-refractivity contribution in [2.24, 2.45) is 0 Å². The molecule has 0 spiro atoms. The van der Waals surface area contributed by atoms with Crippen LogP contribution in [0.5, 0.6) is 0 Å². The fraction of sp³-hybridized carbons (Fsp3) is 0.941. The van der Waals surface area contributed by atoms with E-state index in [9.17, 15) is 4.79 Å². The van der Waals surface area contributed by atoms with Gasteiger partial charge in [-0.3, -0.25) is 4.90 Å². The first-order valence-corrected chi connectivity index (χ1v) is 8.69. The van der Waals surface area contributed by atoms with Crippen LogP contribution >= 0.6 is 0 Å². The van der Waals surface area contributed by atoms with E-state index in [1.54, 1.807) is 11.9 Å². The standard InChI is InChI=1S/C17H33N3O2/c1-13-11-14(12-20(13)15-7-8-15)18-9-6-10-19(5)16(21)22-17(2,3)4/h13-15,18H,6-12H2,1-5H3. The lowest BCUT2D eigenvalue weighted by Gasteiger charge is -2.24. The lowest BCUT2D eigenvalue weighted by Crippen LogP contribution is -2.37. The summed E-state index contributed by atoms with van der Waals surface area (Å²) in [6.07, 6.45) is 4.75.